The molecule has 1 atom stereocenters. The van der Waals surface area contributed by atoms with Gasteiger partial charge in [-0.2, -0.15) is 9.40 Å². The summed E-state index contributed by atoms with van der Waals surface area (Å²) in [7, 11) is -3.61. The van der Waals surface area contributed by atoms with Crippen molar-refractivity contribution in [1.82, 2.24) is 29.4 Å². The summed E-state index contributed by atoms with van der Waals surface area (Å²) in [5.74, 6) is 0.622. The molecule has 2 aliphatic rings. The summed E-state index contributed by atoms with van der Waals surface area (Å²) in [5.41, 5.74) is 2.14. The van der Waals surface area contributed by atoms with Crippen LogP contribution in [0.3, 0.4) is 0 Å². The Bertz CT molecular complexity index is 894. The summed E-state index contributed by atoms with van der Waals surface area (Å²) >= 11 is 0. The minimum atomic E-state index is -3.61. The summed E-state index contributed by atoms with van der Waals surface area (Å²) < 4.78 is 29.6. The Labute approximate surface area is 153 Å². The molecule has 9 heteroatoms. The van der Waals surface area contributed by atoms with Crippen molar-refractivity contribution in [3.63, 3.8) is 0 Å². The van der Waals surface area contributed by atoms with Gasteiger partial charge >= 0.3 is 0 Å². The summed E-state index contributed by atoms with van der Waals surface area (Å²) in [6, 6.07) is -0.307. The van der Waals surface area contributed by atoms with Crippen LogP contribution < -0.4 is 5.32 Å². The minimum absolute atomic E-state index is 0.244. The predicted octanol–water partition coefficient (Wildman–Crippen LogP) is 1.25. The molecule has 1 fully saturated rings. The first-order valence-corrected chi connectivity index (χ1v) is 10.6. The molecule has 0 aliphatic carbocycles. The summed E-state index contributed by atoms with van der Waals surface area (Å²) in [6.07, 6.45) is 8.31. The SMILES string of the molecule is CCn1cc(S(=O)(=O)N2CCCCC2c2ncc3c(n2)CCNC3)cn1. The number of nitrogens with one attached hydrogen (secondary N) is 1. The van der Waals surface area contributed by atoms with Crippen LogP contribution in [0.2, 0.25) is 0 Å². The Morgan fingerprint density at radius 3 is 3.00 bits per heavy atom. The Hall–Kier alpha value is -1.84. The van der Waals surface area contributed by atoms with Gasteiger partial charge in [-0.05, 0) is 19.8 Å². The van der Waals surface area contributed by atoms with E-state index >= 15 is 0 Å². The zero-order chi connectivity index (χ0) is 18.1. The van der Waals surface area contributed by atoms with E-state index in [0.717, 1.165) is 50.0 Å². The van der Waals surface area contributed by atoms with Crippen LogP contribution in [0.4, 0.5) is 0 Å². The highest BCUT2D eigenvalue weighted by Gasteiger charge is 2.37. The van der Waals surface area contributed by atoms with Gasteiger partial charge in [-0.25, -0.2) is 18.4 Å². The molecule has 1 N–H and O–H groups in total. The molecule has 0 saturated carbocycles. The third-order valence-corrected chi connectivity index (χ3v) is 6.98. The summed E-state index contributed by atoms with van der Waals surface area (Å²) in [5, 5.41) is 7.43. The smallest absolute Gasteiger partial charge is 0.246 e. The third-order valence-electron chi connectivity index (χ3n) is 5.12. The van der Waals surface area contributed by atoms with Crippen molar-refractivity contribution < 1.29 is 8.42 Å². The van der Waals surface area contributed by atoms with Crippen LogP contribution in [0, 0.1) is 0 Å². The Kier molecular flexibility index (Phi) is 4.76. The van der Waals surface area contributed by atoms with Crippen molar-refractivity contribution in [2.75, 3.05) is 13.1 Å². The first-order valence-electron chi connectivity index (χ1n) is 9.19. The molecule has 140 valence electrons. The van der Waals surface area contributed by atoms with E-state index in [4.69, 9.17) is 4.98 Å². The Morgan fingerprint density at radius 2 is 2.19 bits per heavy atom. The van der Waals surface area contributed by atoms with E-state index in [1.807, 2.05) is 13.1 Å². The number of rotatable bonds is 4. The largest absolute Gasteiger partial charge is 0.312 e. The molecule has 2 aromatic heterocycles. The van der Waals surface area contributed by atoms with Gasteiger partial charge in [0, 0.05) is 56.3 Å². The van der Waals surface area contributed by atoms with E-state index < -0.39 is 10.0 Å². The lowest BCUT2D eigenvalue weighted by molar-refractivity contribution is 0.245. The van der Waals surface area contributed by atoms with Gasteiger partial charge < -0.3 is 5.32 Å². The van der Waals surface area contributed by atoms with Gasteiger partial charge in [0.25, 0.3) is 0 Å². The fourth-order valence-corrected chi connectivity index (χ4v) is 5.26. The van der Waals surface area contributed by atoms with Crippen LogP contribution in [-0.2, 0) is 29.5 Å². The van der Waals surface area contributed by atoms with Gasteiger partial charge in [-0.15, -0.1) is 0 Å². The van der Waals surface area contributed by atoms with Crippen molar-refractivity contribution in [2.24, 2.45) is 0 Å². The normalized spacial score (nSPS) is 21.5. The second kappa shape index (κ2) is 7.05. The molecular weight excluding hydrogens is 352 g/mol. The van der Waals surface area contributed by atoms with Gasteiger partial charge in [-0.1, -0.05) is 6.42 Å². The number of aryl methyl sites for hydroxylation is 1. The zero-order valence-corrected chi connectivity index (χ0v) is 15.7. The van der Waals surface area contributed by atoms with Crippen molar-refractivity contribution >= 4 is 10.0 Å². The lowest BCUT2D eigenvalue weighted by atomic mass is 10.0. The molecule has 2 aromatic rings. The maximum absolute atomic E-state index is 13.2. The Morgan fingerprint density at radius 1 is 1.31 bits per heavy atom. The minimum Gasteiger partial charge on any atom is -0.312 e. The van der Waals surface area contributed by atoms with E-state index in [1.165, 1.54) is 6.20 Å². The monoisotopic (exact) mass is 376 g/mol. The molecule has 0 radical (unpaired) electrons. The molecule has 0 bridgehead atoms. The van der Waals surface area contributed by atoms with Crippen molar-refractivity contribution in [2.45, 2.75) is 56.6 Å². The van der Waals surface area contributed by atoms with Gasteiger partial charge in [0.15, 0.2) is 0 Å². The third kappa shape index (κ3) is 3.15. The zero-order valence-electron chi connectivity index (χ0n) is 14.9. The van der Waals surface area contributed by atoms with E-state index in [9.17, 15) is 8.42 Å². The molecule has 0 spiro atoms. The highest BCUT2D eigenvalue weighted by atomic mass is 32.2. The lowest BCUT2D eigenvalue weighted by Crippen LogP contribution is -2.39. The number of hydrogen-bond acceptors (Lipinski definition) is 6. The molecule has 0 amide bonds. The molecule has 4 rings (SSSR count). The average molecular weight is 376 g/mol. The van der Waals surface area contributed by atoms with E-state index in [2.05, 4.69) is 15.4 Å². The fourth-order valence-electron chi connectivity index (χ4n) is 3.65. The molecule has 8 nitrogen and oxygen atoms in total. The number of sulfonamides is 1. The van der Waals surface area contributed by atoms with Crippen LogP contribution in [0.1, 0.15) is 49.3 Å². The standard InChI is InChI=1S/C17H24N6O2S/c1-2-22-12-14(11-20-22)26(24,25)23-8-4-3-5-16(23)17-19-10-13-9-18-7-6-15(13)21-17/h10-12,16,18H,2-9H2,1H3. The number of hydrogen-bond donors (Lipinski definition) is 1. The molecule has 2 aliphatic heterocycles. The lowest BCUT2D eigenvalue weighted by Gasteiger charge is -2.33. The van der Waals surface area contributed by atoms with Crippen molar-refractivity contribution in [3.05, 3.63) is 35.7 Å². The van der Waals surface area contributed by atoms with Gasteiger partial charge in [0.1, 0.15) is 10.7 Å². The van der Waals surface area contributed by atoms with Crippen LogP contribution in [0.5, 0.6) is 0 Å². The predicted molar refractivity (Wildman–Crippen MR) is 95.8 cm³/mol. The van der Waals surface area contributed by atoms with Crippen LogP contribution >= 0.6 is 0 Å². The highest BCUT2D eigenvalue weighted by Crippen LogP contribution is 2.34. The highest BCUT2D eigenvalue weighted by molar-refractivity contribution is 7.89. The number of piperidine rings is 1. The first kappa shape index (κ1) is 17.6. The van der Waals surface area contributed by atoms with Gasteiger partial charge in [0.05, 0.1) is 12.2 Å². The maximum atomic E-state index is 13.2. The number of aromatic nitrogens is 4. The molecule has 0 aromatic carbocycles. The van der Waals surface area contributed by atoms with E-state index in [1.54, 1.807) is 15.2 Å². The molecule has 4 heterocycles. The number of nitrogens with zero attached hydrogens (tertiary/aromatic N) is 5. The van der Waals surface area contributed by atoms with Gasteiger partial charge in [0.2, 0.25) is 10.0 Å². The van der Waals surface area contributed by atoms with Crippen molar-refractivity contribution in [3.8, 4) is 0 Å². The summed E-state index contributed by atoms with van der Waals surface area (Å²) in [6.45, 7) is 4.74. The Balaban J connectivity index is 1.68. The molecule has 1 saturated heterocycles. The first-order chi connectivity index (χ1) is 12.6. The fraction of sp³-hybridized carbons (Fsp3) is 0.588. The van der Waals surface area contributed by atoms with Crippen LogP contribution in [0.25, 0.3) is 0 Å². The van der Waals surface area contributed by atoms with Crippen LogP contribution in [-0.4, -0.2) is 45.6 Å². The van der Waals surface area contributed by atoms with E-state index in [-0.39, 0.29) is 10.9 Å². The van der Waals surface area contributed by atoms with Crippen LogP contribution in [0.15, 0.2) is 23.5 Å². The second-order valence-corrected chi connectivity index (χ2v) is 8.68. The quantitative estimate of drug-likeness (QED) is 0.863. The second-order valence-electron chi connectivity index (χ2n) is 6.79. The number of fused-ring (bicyclic) bond motifs is 1. The van der Waals surface area contributed by atoms with Gasteiger partial charge in [-0.3, -0.25) is 4.68 Å². The molecule has 26 heavy (non-hydrogen) atoms. The van der Waals surface area contributed by atoms with Crippen molar-refractivity contribution in [1.29, 1.82) is 0 Å². The molecule has 1 unspecified atom stereocenters. The topological polar surface area (TPSA) is 93.0 Å². The molecular formula is C17H24N6O2S. The van der Waals surface area contributed by atoms with E-state index in [0.29, 0.717) is 18.9 Å². The average Bonchev–Trinajstić information content (AvgIpc) is 3.18. The summed E-state index contributed by atoms with van der Waals surface area (Å²) in [4.78, 5) is 9.50. The maximum Gasteiger partial charge on any atom is 0.246 e.